The van der Waals surface area contributed by atoms with E-state index in [0.29, 0.717) is 16.4 Å². The van der Waals surface area contributed by atoms with E-state index in [0.717, 1.165) is 5.56 Å². The van der Waals surface area contributed by atoms with Crippen LogP contribution in [0, 0.1) is 6.92 Å². The molecule has 0 unspecified atom stereocenters. The maximum Gasteiger partial charge on any atom is 0.236 e. The lowest BCUT2D eigenvalue weighted by molar-refractivity contribution is -0.119. The van der Waals surface area contributed by atoms with Gasteiger partial charge in [-0.1, -0.05) is 17.7 Å². The predicted molar refractivity (Wildman–Crippen MR) is 76.4 cm³/mol. The van der Waals surface area contributed by atoms with Gasteiger partial charge in [-0.05, 0) is 31.5 Å². The number of benzene rings is 1. The van der Waals surface area contributed by atoms with Crippen LogP contribution in [0.5, 0.6) is 0 Å². The Morgan fingerprint density at radius 2 is 2.00 bits per heavy atom. The van der Waals surface area contributed by atoms with Crippen molar-refractivity contribution in [3.05, 3.63) is 28.8 Å². The highest BCUT2D eigenvalue weighted by molar-refractivity contribution is 6.31. The van der Waals surface area contributed by atoms with E-state index >= 15 is 0 Å². The molecule has 0 aromatic heterocycles. The van der Waals surface area contributed by atoms with Crippen LogP contribution in [0.4, 0.5) is 5.69 Å². The van der Waals surface area contributed by atoms with Crippen molar-refractivity contribution in [3.63, 3.8) is 0 Å². The van der Waals surface area contributed by atoms with E-state index in [4.69, 9.17) is 11.6 Å². The molecule has 0 fully saturated rings. The van der Waals surface area contributed by atoms with Gasteiger partial charge in [0.25, 0.3) is 0 Å². The number of hydrogen-bond donors (Lipinski definition) is 2. The van der Waals surface area contributed by atoms with E-state index in [1.165, 1.54) is 6.92 Å². The lowest BCUT2D eigenvalue weighted by Crippen LogP contribution is -2.19. The summed E-state index contributed by atoms with van der Waals surface area (Å²) in [5.41, 5.74) is 4.38. The van der Waals surface area contributed by atoms with Gasteiger partial charge in [-0.3, -0.25) is 9.59 Å². The standard InChI is InChI=1S/C13H16ClN3O2/c1-8-4-5-11(7-12(8)14)15-13(19)6-9(2)16-17-10(3)18/h4-5,7H,6H2,1-3H3,(H,15,19)(H,17,18). The number of nitrogens with one attached hydrogen (secondary N) is 2. The number of halogens is 1. The number of carbonyl (C=O) groups is 2. The first-order valence-electron chi connectivity index (χ1n) is 5.74. The zero-order valence-electron chi connectivity index (χ0n) is 11.1. The Labute approximate surface area is 117 Å². The fourth-order valence-electron chi connectivity index (χ4n) is 1.32. The molecule has 5 nitrogen and oxygen atoms in total. The molecule has 0 aliphatic rings. The van der Waals surface area contributed by atoms with Crippen LogP contribution in [0.15, 0.2) is 23.3 Å². The average Bonchev–Trinajstić information content (AvgIpc) is 2.31. The molecule has 19 heavy (non-hydrogen) atoms. The minimum Gasteiger partial charge on any atom is -0.326 e. The smallest absolute Gasteiger partial charge is 0.236 e. The molecule has 0 saturated heterocycles. The summed E-state index contributed by atoms with van der Waals surface area (Å²) in [4.78, 5) is 22.4. The number of amides is 2. The molecule has 1 rings (SSSR count). The Kier molecular flexibility index (Phi) is 5.51. The van der Waals surface area contributed by atoms with Crippen molar-refractivity contribution in [2.75, 3.05) is 5.32 Å². The molecule has 2 amide bonds. The zero-order valence-corrected chi connectivity index (χ0v) is 11.8. The van der Waals surface area contributed by atoms with Gasteiger partial charge in [0.15, 0.2) is 0 Å². The Morgan fingerprint density at radius 3 is 2.58 bits per heavy atom. The number of hydrazone groups is 1. The highest BCUT2D eigenvalue weighted by atomic mass is 35.5. The molecule has 0 aliphatic heterocycles. The van der Waals surface area contributed by atoms with Gasteiger partial charge < -0.3 is 5.32 Å². The Morgan fingerprint density at radius 1 is 1.32 bits per heavy atom. The van der Waals surface area contributed by atoms with Crippen molar-refractivity contribution in [1.29, 1.82) is 0 Å². The molecule has 0 atom stereocenters. The van der Waals surface area contributed by atoms with E-state index in [9.17, 15) is 9.59 Å². The summed E-state index contributed by atoms with van der Waals surface area (Å²) in [7, 11) is 0. The van der Waals surface area contributed by atoms with Crippen LogP contribution in [0.25, 0.3) is 0 Å². The lowest BCUT2D eigenvalue weighted by atomic mass is 10.2. The van der Waals surface area contributed by atoms with E-state index in [2.05, 4.69) is 15.8 Å². The minimum absolute atomic E-state index is 0.103. The SMILES string of the molecule is CC(=O)NN=C(C)CC(=O)Nc1ccc(C)c(Cl)c1. The molecule has 0 bridgehead atoms. The van der Waals surface area contributed by atoms with Crippen LogP contribution in [0.2, 0.25) is 5.02 Å². The lowest BCUT2D eigenvalue weighted by Gasteiger charge is -2.06. The molecule has 1 aromatic rings. The van der Waals surface area contributed by atoms with Crippen molar-refractivity contribution in [3.8, 4) is 0 Å². The number of rotatable bonds is 4. The van der Waals surface area contributed by atoms with Crippen molar-refractivity contribution in [1.82, 2.24) is 5.43 Å². The number of hydrogen-bond acceptors (Lipinski definition) is 3. The average molecular weight is 282 g/mol. The number of aryl methyl sites for hydroxylation is 1. The van der Waals surface area contributed by atoms with E-state index < -0.39 is 0 Å². The summed E-state index contributed by atoms with van der Waals surface area (Å²) < 4.78 is 0. The second-order valence-electron chi connectivity index (χ2n) is 4.20. The monoisotopic (exact) mass is 281 g/mol. The topological polar surface area (TPSA) is 70.6 Å². The summed E-state index contributed by atoms with van der Waals surface area (Å²) >= 11 is 5.97. The Bertz CT molecular complexity index is 527. The maximum atomic E-state index is 11.7. The molecular formula is C13H16ClN3O2. The predicted octanol–water partition coefficient (Wildman–Crippen LogP) is 2.49. The van der Waals surface area contributed by atoms with Gasteiger partial charge in [0.05, 0.1) is 6.42 Å². The van der Waals surface area contributed by atoms with Crippen molar-refractivity contribution >= 4 is 34.8 Å². The van der Waals surface area contributed by atoms with Crippen molar-refractivity contribution in [2.24, 2.45) is 5.10 Å². The summed E-state index contributed by atoms with van der Waals surface area (Å²) in [5.74, 6) is -0.489. The molecule has 6 heteroatoms. The van der Waals surface area contributed by atoms with Crippen molar-refractivity contribution in [2.45, 2.75) is 27.2 Å². The summed E-state index contributed by atoms with van der Waals surface area (Å²) in [5, 5.41) is 7.08. The maximum absolute atomic E-state index is 11.7. The van der Waals surface area contributed by atoms with E-state index in [1.54, 1.807) is 19.1 Å². The van der Waals surface area contributed by atoms with Gasteiger partial charge in [-0.15, -0.1) is 0 Å². The number of anilines is 1. The van der Waals surface area contributed by atoms with Crippen molar-refractivity contribution < 1.29 is 9.59 Å². The molecule has 0 spiro atoms. The first-order valence-corrected chi connectivity index (χ1v) is 6.12. The van der Waals surface area contributed by atoms with Crippen LogP contribution < -0.4 is 10.7 Å². The van der Waals surface area contributed by atoms with Crippen LogP contribution in [-0.2, 0) is 9.59 Å². The van der Waals surface area contributed by atoms with Crippen LogP contribution in [0.3, 0.4) is 0 Å². The number of nitrogens with zero attached hydrogens (tertiary/aromatic N) is 1. The molecule has 0 heterocycles. The third-order valence-electron chi connectivity index (χ3n) is 2.28. The highest BCUT2D eigenvalue weighted by Crippen LogP contribution is 2.19. The van der Waals surface area contributed by atoms with Gasteiger partial charge in [0.1, 0.15) is 0 Å². The second kappa shape index (κ2) is 6.89. The summed E-state index contributed by atoms with van der Waals surface area (Å²) in [6.45, 7) is 4.90. The minimum atomic E-state index is -0.273. The fourth-order valence-corrected chi connectivity index (χ4v) is 1.50. The van der Waals surface area contributed by atoms with E-state index in [-0.39, 0.29) is 18.2 Å². The third-order valence-corrected chi connectivity index (χ3v) is 2.68. The quantitative estimate of drug-likeness (QED) is 0.657. The normalized spacial score (nSPS) is 11.1. The molecule has 1 aromatic carbocycles. The van der Waals surface area contributed by atoms with Gasteiger partial charge in [0, 0.05) is 23.3 Å². The van der Waals surface area contributed by atoms with Gasteiger partial charge in [-0.25, -0.2) is 5.43 Å². The van der Waals surface area contributed by atoms with Gasteiger partial charge in [-0.2, -0.15) is 5.10 Å². The van der Waals surface area contributed by atoms with Crippen LogP contribution in [-0.4, -0.2) is 17.5 Å². The molecule has 2 N–H and O–H groups in total. The van der Waals surface area contributed by atoms with Gasteiger partial charge in [0.2, 0.25) is 11.8 Å². The number of carbonyl (C=O) groups excluding carboxylic acids is 2. The second-order valence-corrected chi connectivity index (χ2v) is 4.61. The van der Waals surface area contributed by atoms with E-state index in [1.807, 2.05) is 13.0 Å². The van der Waals surface area contributed by atoms with Crippen LogP contribution >= 0.6 is 11.6 Å². The Hall–Kier alpha value is -1.88. The fraction of sp³-hybridized carbons (Fsp3) is 0.308. The third kappa shape index (κ3) is 5.52. The molecule has 0 saturated carbocycles. The Balaban J connectivity index is 2.57. The highest BCUT2D eigenvalue weighted by Gasteiger charge is 2.06. The molecule has 102 valence electrons. The summed E-state index contributed by atoms with van der Waals surface area (Å²) in [6.07, 6.45) is 0.103. The zero-order chi connectivity index (χ0) is 14.4. The molecule has 0 aliphatic carbocycles. The van der Waals surface area contributed by atoms with Gasteiger partial charge >= 0.3 is 0 Å². The first kappa shape index (κ1) is 15.2. The largest absolute Gasteiger partial charge is 0.326 e. The van der Waals surface area contributed by atoms with Crippen LogP contribution in [0.1, 0.15) is 25.8 Å². The molecule has 0 radical (unpaired) electrons. The first-order chi connectivity index (χ1) is 8.88. The summed E-state index contributed by atoms with van der Waals surface area (Å²) in [6, 6.07) is 5.30. The molecular weight excluding hydrogens is 266 g/mol.